The standard InChI is InChI=1S/C24H26N2O4S/c1-2-3-16-30-22-11-7-10-20(17-22)24(27)26-21-12-14-23(15-13-21)31(28,29)25-18-19-8-5-4-6-9-19/h4-15,17,25H,2-3,16,18H2,1H3,(H,26,27). The van der Waals surface area contributed by atoms with Crippen LogP contribution in [0.2, 0.25) is 0 Å². The van der Waals surface area contributed by atoms with Gasteiger partial charge in [-0.05, 0) is 54.4 Å². The van der Waals surface area contributed by atoms with Crippen molar-refractivity contribution in [3.05, 3.63) is 90.0 Å². The van der Waals surface area contributed by atoms with Gasteiger partial charge in [0.25, 0.3) is 5.91 Å². The third kappa shape index (κ3) is 6.67. The minimum Gasteiger partial charge on any atom is -0.494 e. The third-order valence-electron chi connectivity index (χ3n) is 4.59. The Morgan fingerprint density at radius 2 is 1.68 bits per heavy atom. The molecule has 0 aliphatic heterocycles. The maximum atomic E-state index is 12.5. The SMILES string of the molecule is CCCCOc1cccc(C(=O)Nc2ccc(S(=O)(=O)NCc3ccccc3)cc2)c1. The Hall–Kier alpha value is -3.16. The van der Waals surface area contributed by atoms with Crippen molar-refractivity contribution in [2.45, 2.75) is 31.2 Å². The van der Waals surface area contributed by atoms with Gasteiger partial charge in [-0.2, -0.15) is 0 Å². The van der Waals surface area contributed by atoms with Crippen LogP contribution in [0.5, 0.6) is 5.75 Å². The normalized spacial score (nSPS) is 11.1. The number of anilines is 1. The van der Waals surface area contributed by atoms with Gasteiger partial charge in [0.05, 0.1) is 11.5 Å². The van der Waals surface area contributed by atoms with E-state index in [1.165, 1.54) is 12.1 Å². The summed E-state index contributed by atoms with van der Waals surface area (Å²) in [6, 6.07) is 22.3. The number of amides is 1. The summed E-state index contributed by atoms with van der Waals surface area (Å²) >= 11 is 0. The summed E-state index contributed by atoms with van der Waals surface area (Å²) in [5, 5.41) is 2.78. The second kappa shape index (κ2) is 10.7. The molecule has 0 bridgehead atoms. The number of carbonyl (C=O) groups is 1. The second-order valence-corrected chi connectivity index (χ2v) is 8.79. The maximum Gasteiger partial charge on any atom is 0.255 e. The zero-order chi connectivity index (χ0) is 22.1. The van der Waals surface area contributed by atoms with Crippen molar-refractivity contribution in [3.63, 3.8) is 0 Å². The molecule has 3 aromatic rings. The van der Waals surface area contributed by atoms with E-state index in [9.17, 15) is 13.2 Å². The molecule has 0 aliphatic rings. The van der Waals surface area contributed by atoms with Gasteiger partial charge in [-0.3, -0.25) is 4.79 Å². The molecule has 0 spiro atoms. The highest BCUT2D eigenvalue weighted by molar-refractivity contribution is 7.89. The molecule has 0 unspecified atom stereocenters. The Morgan fingerprint density at radius 1 is 0.935 bits per heavy atom. The summed E-state index contributed by atoms with van der Waals surface area (Å²) in [6.07, 6.45) is 1.99. The van der Waals surface area contributed by atoms with Crippen molar-refractivity contribution in [2.75, 3.05) is 11.9 Å². The van der Waals surface area contributed by atoms with Gasteiger partial charge in [-0.25, -0.2) is 13.1 Å². The van der Waals surface area contributed by atoms with Crippen molar-refractivity contribution < 1.29 is 17.9 Å². The Bertz CT molecular complexity index is 1100. The van der Waals surface area contributed by atoms with E-state index >= 15 is 0 Å². The molecule has 3 aromatic carbocycles. The minimum atomic E-state index is -3.65. The summed E-state index contributed by atoms with van der Waals surface area (Å²) in [5.74, 6) is 0.353. The number of benzene rings is 3. The van der Waals surface area contributed by atoms with Crippen LogP contribution in [0.4, 0.5) is 5.69 Å². The second-order valence-electron chi connectivity index (χ2n) is 7.02. The molecule has 162 valence electrons. The van der Waals surface area contributed by atoms with E-state index in [0.717, 1.165) is 18.4 Å². The lowest BCUT2D eigenvalue weighted by atomic mass is 10.2. The molecule has 3 rings (SSSR count). The number of rotatable bonds is 10. The summed E-state index contributed by atoms with van der Waals surface area (Å²) < 4.78 is 33.2. The predicted octanol–water partition coefficient (Wildman–Crippen LogP) is 4.60. The lowest BCUT2D eigenvalue weighted by molar-refractivity contribution is 0.102. The van der Waals surface area contributed by atoms with E-state index in [1.807, 2.05) is 36.4 Å². The number of carbonyl (C=O) groups excluding carboxylic acids is 1. The van der Waals surface area contributed by atoms with Gasteiger partial charge in [-0.1, -0.05) is 49.7 Å². The molecule has 0 saturated heterocycles. The van der Waals surface area contributed by atoms with Crippen LogP contribution in [0.3, 0.4) is 0 Å². The number of hydrogen-bond donors (Lipinski definition) is 2. The topological polar surface area (TPSA) is 84.5 Å². The molecule has 2 N–H and O–H groups in total. The summed E-state index contributed by atoms with van der Waals surface area (Å²) in [7, 11) is -3.65. The van der Waals surface area contributed by atoms with Crippen molar-refractivity contribution in [3.8, 4) is 5.75 Å². The first kappa shape index (κ1) is 22.5. The van der Waals surface area contributed by atoms with Crippen molar-refractivity contribution in [2.24, 2.45) is 0 Å². The number of sulfonamides is 1. The molecule has 31 heavy (non-hydrogen) atoms. The molecule has 0 aromatic heterocycles. The van der Waals surface area contributed by atoms with Gasteiger partial charge in [0.2, 0.25) is 10.0 Å². The highest BCUT2D eigenvalue weighted by Crippen LogP contribution is 2.18. The molecule has 0 radical (unpaired) electrons. The number of hydrogen-bond acceptors (Lipinski definition) is 4. The first-order chi connectivity index (χ1) is 15.0. The lowest BCUT2D eigenvalue weighted by Gasteiger charge is -2.10. The van der Waals surface area contributed by atoms with Crippen LogP contribution in [0.1, 0.15) is 35.7 Å². The van der Waals surface area contributed by atoms with Crippen LogP contribution < -0.4 is 14.8 Å². The predicted molar refractivity (Wildman–Crippen MR) is 122 cm³/mol. The zero-order valence-corrected chi connectivity index (χ0v) is 18.2. The fourth-order valence-electron chi connectivity index (χ4n) is 2.84. The van der Waals surface area contributed by atoms with E-state index < -0.39 is 10.0 Å². The molecule has 0 aliphatic carbocycles. The van der Waals surface area contributed by atoms with Crippen LogP contribution in [0.25, 0.3) is 0 Å². The number of nitrogens with one attached hydrogen (secondary N) is 2. The molecule has 0 fully saturated rings. The Labute approximate surface area is 183 Å². The highest BCUT2D eigenvalue weighted by atomic mass is 32.2. The third-order valence-corrected chi connectivity index (χ3v) is 6.01. The monoisotopic (exact) mass is 438 g/mol. The van der Waals surface area contributed by atoms with E-state index in [0.29, 0.717) is 23.6 Å². The molecule has 0 atom stereocenters. The average molecular weight is 439 g/mol. The average Bonchev–Trinajstić information content (AvgIpc) is 2.79. The first-order valence-electron chi connectivity index (χ1n) is 10.2. The molecular weight excluding hydrogens is 412 g/mol. The highest BCUT2D eigenvalue weighted by Gasteiger charge is 2.14. The van der Waals surface area contributed by atoms with Crippen LogP contribution >= 0.6 is 0 Å². The van der Waals surface area contributed by atoms with E-state index in [1.54, 1.807) is 30.3 Å². The Morgan fingerprint density at radius 3 is 2.39 bits per heavy atom. The van der Waals surface area contributed by atoms with Crippen molar-refractivity contribution in [1.29, 1.82) is 0 Å². The summed E-state index contributed by atoms with van der Waals surface area (Å²) in [5.41, 5.74) is 1.84. The molecule has 7 heteroatoms. The van der Waals surface area contributed by atoms with Crippen LogP contribution in [-0.4, -0.2) is 20.9 Å². The Kier molecular flexibility index (Phi) is 7.81. The van der Waals surface area contributed by atoms with Crippen LogP contribution in [-0.2, 0) is 16.6 Å². The van der Waals surface area contributed by atoms with Gasteiger partial charge in [0.1, 0.15) is 5.75 Å². The summed E-state index contributed by atoms with van der Waals surface area (Å²) in [6.45, 7) is 2.90. The maximum absolute atomic E-state index is 12.5. The Balaban J connectivity index is 1.61. The smallest absolute Gasteiger partial charge is 0.255 e. The minimum absolute atomic E-state index is 0.132. The molecule has 6 nitrogen and oxygen atoms in total. The van der Waals surface area contributed by atoms with E-state index in [4.69, 9.17) is 4.74 Å². The van der Waals surface area contributed by atoms with Crippen LogP contribution in [0.15, 0.2) is 83.8 Å². The quantitative estimate of drug-likeness (QED) is 0.453. The molecule has 0 heterocycles. The number of ether oxygens (including phenoxy) is 1. The van der Waals surface area contributed by atoms with Gasteiger partial charge in [0, 0.05) is 17.8 Å². The first-order valence-corrected chi connectivity index (χ1v) is 11.6. The van der Waals surface area contributed by atoms with Gasteiger partial charge in [-0.15, -0.1) is 0 Å². The van der Waals surface area contributed by atoms with Crippen LogP contribution in [0, 0.1) is 0 Å². The fourth-order valence-corrected chi connectivity index (χ4v) is 3.86. The van der Waals surface area contributed by atoms with Gasteiger partial charge >= 0.3 is 0 Å². The molecule has 0 saturated carbocycles. The lowest BCUT2D eigenvalue weighted by Crippen LogP contribution is -2.23. The molecule has 1 amide bonds. The number of unbranched alkanes of at least 4 members (excludes halogenated alkanes) is 1. The molecular formula is C24H26N2O4S. The summed E-state index contributed by atoms with van der Waals surface area (Å²) in [4.78, 5) is 12.7. The van der Waals surface area contributed by atoms with Crippen molar-refractivity contribution in [1.82, 2.24) is 4.72 Å². The van der Waals surface area contributed by atoms with E-state index in [-0.39, 0.29) is 17.3 Å². The van der Waals surface area contributed by atoms with E-state index in [2.05, 4.69) is 17.0 Å². The van der Waals surface area contributed by atoms with Gasteiger partial charge < -0.3 is 10.1 Å². The fraction of sp³-hybridized carbons (Fsp3) is 0.208. The largest absolute Gasteiger partial charge is 0.494 e. The van der Waals surface area contributed by atoms with Crippen molar-refractivity contribution >= 4 is 21.6 Å². The van der Waals surface area contributed by atoms with Gasteiger partial charge in [0.15, 0.2) is 0 Å². The zero-order valence-electron chi connectivity index (χ0n) is 17.4.